The highest BCUT2D eigenvalue weighted by atomic mass is 16.4. The van der Waals surface area contributed by atoms with Crippen LogP contribution < -0.4 is 5.32 Å². The first kappa shape index (κ1) is 13.2. The number of carboxylic acids is 1. The van der Waals surface area contributed by atoms with E-state index in [0.29, 0.717) is 25.9 Å². The van der Waals surface area contributed by atoms with Crippen LogP contribution >= 0.6 is 0 Å². The summed E-state index contributed by atoms with van der Waals surface area (Å²) >= 11 is 0. The van der Waals surface area contributed by atoms with Crippen molar-refractivity contribution in [2.24, 2.45) is 5.92 Å². The molecule has 1 saturated heterocycles. The first-order valence-corrected chi connectivity index (χ1v) is 6.80. The van der Waals surface area contributed by atoms with Crippen molar-refractivity contribution in [3.63, 3.8) is 0 Å². The Hall–Kier alpha value is -1.26. The molecule has 2 fully saturated rings. The van der Waals surface area contributed by atoms with E-state index in [9.17, 15) is 9.59 Å². The third-order valence-electron chi connectivity index (χ3n) is 4.25. The van der Waals surface area contributed by atoms with Gasteiger partial charge < -0.3 is 15.3 Å². The summed E-state index contributed by atoms with van der Waals surface area (Å²) in [5.74, 6) is -1.02. The quantitative estimate of drug-likeness (QED) is 0.789. The van der Waals surface area contributed by atoms with E-state index < -0.39 is 5.97 Å². The molecule has 1 aliphatic carbocycles. The second kappa shape index (κ2) is 5.16. The maximum absolute atomic E-state index is 12.1. The molecule has 0 atom stereocenters. The molecule has 1 heterocycles. The van der Waals surface area contributed by atoms with Crippen LogP contribution in [0.4, 0.5) is 4.79 Å². The minimum atomic E-state index is -0.738. The summed E-state index contributed by atoms with van der Waals surface area (Å²) in [6.45, 7) is 3.21. The van der Waals surface area contributed by atoms with E-state index in [0.717, 1.165) is 12.8 Å². The number of hydrogen-bond donors (Lipinski definition) is 2. The maximum Gasteiger partial charge on any atom is 0.317 e. The molecule has 2 rings (SSSR count). The van der Waals surface area contributed by atoms with Crippen molar-refractivity contribution in [2.45, 2.75) is 51.0 Å². The monoisotopic (exact) mass is 254 g/mol. The van der Waals surface area contributed by atoms with Gasteiger partial charge in [-0.2, -0.15) is 0 Å². The highest BCUT2D eigenvalue weighted by Gasteiger charge is 2.33. The molecule has 18 heavy (non-hydrogen) atoms. The van der Waals surface area contributed by atoms with E-state index >= 15 is 0 Å². The summed E-state index contributed by atoms with van der Waals surface area (Å²) in [5, 5.41) is 12.0. The van der Waals surface area contributed by atoms with Crippen molar-refractivity contribution in [2.75, 3.05) is 13.1 Å². The predicted molar refractivity (Wildman–Crippen MR) is 67.3 cm³/mol. The van der Waals surface area contributed by atoms with Crippen molar-refractivity contribution in [1.82, 2.24) is 10.2 Å². The van der Waals surface area contributed by atoms with E-state index in [4.69, 9.17) is 5.11 Å². The zero-order chi connectivity index (χ0) is 13.2. The Kier molecular flexibility index (Phi) is 3.78. The first-order valence-electron chi connectivity index (χ1n) is 6.80. The summed E-state index contributed by atoms with van der Waals surface area (Å²) in [6.07, 6.45) is 5.59. The van der Waals surface area contributed by atoms with Gasteiger partial charge in [-0.3, -0.25) is 4.79 Å². The minimum Gasteiger partial charge on any atom is -0.481 e. The Morgan fingerprint density at radius 2 is 1.78 bits per heavy atom. The number of carbonyl (C=O) groups excluding carboxylic acids is 1. The summed E-state index contributed by atoms with van der Waals surface area (Å²) < 4.78 is 0. The molecule has 0 aromatic rings. The van der Waals surface area contributed by atoms with Gasteiger partial charge in [0.05, 0.1) is 5.92 Å². The fraction of sp³-hybridized carbons (Fsp3) is 0.846. The van der Waals surface area contributed by atoms with Crippen LogP contribution in [0.25, 0.3) is 0 Å². The van der Waals surface area contributed by atoms with Crippen molar-refractivity contribution in [1.29, 1.82) is 0 Å². The number of amides is 2. The molecule has 5 nitrogen and oxygen atoms in total. The lowest BCUT2D eigenvalue weighted by atomic mass is 9.97. The molecule has 0 aromatic heterocycles. The number of hydrogen-bond acceptors (Lipinski definition) is 2. The Labute approximate surface area is 108 Å². The average molecular weight is 254 g/mol. The SMILES string of the molecule is CC1(NC(=O)N2CCC(C(=O)O)CC2)CCCC1. The fourth-order valence-corrected chi connectivity index (χ4v) is 2.95. The molecule has 0 unspecified atom stereocenters. The van der Waals surface area contributed by atoms with Gasteiger partial charge in [0.15, 0.2) is 0 Å². The van der Waals surface area contributed by atoms with E-state index in [1.165, 1.54) is 12.8 Å². The highest BCUT2D eigenvalue weighted by Crippen LogP contribution is 2.29. The second-order valence-corrected chi connectivity index (χ2v) is 5.80. The van der Waals surface area contributed by atoms with Crippen LogP contribution in [0.5, 0.6) is 0 Å². The standard InChI is InChI=1S/C13H22N2O3/c1-13(6-2-3-7-13)14-12(18)15-8-4-10(5-9-15)11(16)17/h10H,2-9H2,1H3,(H,14,18)(H,16,17). The average Bonchev–Trinajstić information content (AvgIpc) is 2.76. The molecule has 2 aliphatic rings. The fourth-order valence-electron chi connectivity index (χ4n) is 2.95. The lowest BCUT2D eigenvalue weighted by Crippen LogP contribution is -2.52. The molecule has 102 valence electrons. The summed E-state index contributed by atoms with van der Waals surface area (Å²) in [4.78, 5) is 24.7. The molecular weight excluding hydrogens is 232 g/mol. The Bertz CT molecular complexity index is 329. The van der Waals surface area contributed by atoms with Gasteiger partial charge >= 0.3 is 12.0 Å². The lowest BCUT2D eigenvalue weighted by Gasteiger charge is -2.34. The number of carboxylic acid groups (broad SMARTS) is 1. The summed E-state index contributed by atoms with van der Waals surface area (Å²) in [7, 11) is 0. The van der Waals surface area contributed by atoms with Crippen molar-refractivity contribution >= 4 is 12.0 Å². The lowest BCUT2D eigenvalue weighted by molar-refractivity contribution is -0.143. The van der Waals surface area contributed by atoms with Crippen LogP contribution in [-0.2, 0) is 4.79 Å². The van der Waals surface area contributed by atoms with Gasteiger partial charge in [-0.15, -0.1) is 0 Å². The molecule has 2 amide bonds. The van der Waals surface area contributed by atoms with Gasteiger partial charge in [-0.25, -0.2) is 4.79 Å². The molecule has 1 saturated carbocycles. The molecule has 0 bridgehead atoms. The topological polar surface area (TPSA) is 69.6 Å². The normalized spacial score (nSPS) is 23.9. The van der Waals surface area contributed by atoms with Gasteiger partial charge in [0.25, 0.3) is 0 Å². The number of urea groups is 1. The molecule has 0 spiro atoms. The van der Waals surface area contributed by atoms with Crippen molar-refractivity contribution in [3.05, 3.63) is 0 Å². The van der Waals surface area contributed by atoms with E-state index in [1.54, 1.807) is 4.90 Å². The maximum atomic E-state index is 12.1. The summed E-state index contributed by atoms with van der Waals surface area (Å²) in [6, 6.07) is -0.0248. The number of likely N-dealkylation sites (tertiary alicyclic amines) is 1. The van der Waals surface area contributed by atoms with Gasteiger partial charge in [0.1, 0.15) is 0 Å². The third-order valence-corrected chi connectivity index (χ3v) is 4.25. The number of piperidine rings is 1. The number of nitrogens with one attached hydrogen (secondary N) is 1. The second-order valence-electron chi connectivity index (χ2n) is 5.80. The Morgan fingerprint density at radius 3 is 2.28 bits per heavy atom. The van der Waals surface area contributed by atoms with E-state index in [-0.39, 0.29) is 17.5 Å². The number of nitrogens with zero attached hydrogens (tertiary/aromatic N) is 1. The van der Waals surface area contributed by atoms with Crippen LogP contribution in [0.2, 0.25) is 0 Å². The van der Waals surface area contributed by atoms with Crippen LogP contribution in [0.1, 0.15) is 45.4 Å². The third kappa shape index (κ3) is 2.94. The van der Waals surface area contributed by atoms with Gasteiger partial charge in [-0.05, 0) is 32.6 Å². The highest BCUT2D eigenvalue weighted by molar-refractivity contribution is 5.76. The molecule has 2 N–H and O–H groups in total. The van der Waals surface area contributed by atoms with Crippen molar-refractivity contribution < 1.29 is 14.7 Å². The van der Waals surface area contributed by atoms with E-state index in [1.807, 2.05) is 0 Å². The largest absolute Gasteiger partial charge is 0.481 e. The number of aliphatic carboxylic acids is 1. The van der Waals surface area contributed by atoms with Gasteiger partial charge in [0, 0.05) is 18.6 Å². The molecule has 0 radical (unpaired) electrons. The van der Waals surface area contributed by atoms with Crippen LogP contribution in [0, 0.1) is 5.92 Å². The molecule has 0 aromatic carbocycles. The first-order chi connectivity index (χ1) is 8.50. The van der Waals surface area contributed by atoms with Crippen LogP contribution in [0.3, 0.4) is 0 Å². The Balaban J connectivity index is 1.82. The van der Waals surface area contributed by atoms with Gasteiger partial charge in [0.2, 0.25) is 0 Å². The van der Waals surface area contributed by atoms with Crippen molar-refractivity contribution in [3.8, 4) is 0 Å². The Morgan fingerprint density at radius 1 is 1.22 bits per heavy atom. The smallest absolute Gasteiger partial charge is 0.317 e. The minimum absolute atomic E-state index is 0.0248. The number of carbonyl (C=O) groups is 2. The van der Waals surface area contributed by atoms with Gasteiger partial charge in [-0.1, -0.05) is 12.8 Å². The molecular formula is C13H22N2O3. The summed E-state index contributed by atoms with van der Waals surface area (Å²) in [5.41, 5.74) is -0.0548. The molecule has 5 heteroatoms. The molecule has 1 aliphatic heterocycles. The zero-order valence-corrected chi connectivity index (χ0v) is 10.9. The van der Waals surface area contributed by atoms with Crippen LogP contribution in [0.15, 0.2) is 0 Å². The zero-order valence-electron chi connectivity index (χ0n) is 10.9. The van der Waals surface area contributed by atoms with Crippen LogP contribution in [-0.4, -0.2) is 40.6 Å². The van der Waals surface area contributed by atoms with E-state index in [2.05, 4.69) is 12.2 Å². The number of rotatable bonds is 2. The predicted octanol–water partition coefficient (Wildman–Crippen LogP) is 1.83.